The van der Waals surface area contributed by atoms with Gasteiger partial charge in [-0.1, -0.05) is 56.4 Å². The van der Waals surface area contributed by atoms with Gasteiger partial charge >= 0.3 is 0 Å². The first-order chi connectivity index (χ1) is 16.8. The number of hydrogen-bond acceptors (Lipinski definition) is 5. The van der Waals surface area contributed by atoms with Crippen molar-refractivity contribution in [1.82, 2.24) is 19.9 Å². The maximum absolute atomic E-state index is 13.5. The number of pyridine rings is 1. The lowest BCUT2D eigenvalue weighted by molar-refractivity contribution is 0.324. The molecule has 2 aliphatic rings. The Morgan fingerprint density at radius 3 is 2.85 bits per heavy atom. The molecule has 1 fully saturated rings. The highest BCUT2D eigenvalue weighted by Crippen LogP contribution is 2.34. The smallest absolute Gasteiger partial charge is 0.262 e. The van der Waals surface area contributed by atoms with Crippen LogP contribution in [0.15, 0.2) is 47.7 Å². The van der Waals surface area contributed by atoms with Gasteiger partial charge in [0.2, 0.25) is 0 Å². The minimum Gasteiger partial charge on any atom is -0.314 e. The largest absolute Gasteiger partial charge is 0.314 e. The predicted octanol–water partition coefficient (Wildman–Crippen LogP) is 5.47. The fourth-order valence-electron chi connectivity index (χ4n) is 5.93. The van der Waals surface area contributed by atoms with Crippen molar-refractivity contribution in [3.63, 3.8) is 0 Å². The molecule has 0 saturated heterocycles. The summed E-state index contributed by atoms with van der Waals surface area (Å²) in [6.45, 7) is 1.62. The molecule has 34 heavy (non-hydrogen) atoms. The Hall–Kier alpha value is -2.57. The fraction of sp³-hybridized carbons (Fsp3) is 0.464. The third-order valence-electron chi connectivity index (χ3n) is 7.80. The molecule has 4 aromatic rings. The van der Waals surface area contributed by atoms with E-state index in [1.807, 2.05) is 18.3 Å². The molecule has 2 aliphatic carbocycles. The number of aromatic nitrogens is 3. The van der Waals surface area contributed by atoms with Crippen molar-refractivity contribution in [2.45, 2.75) is 70.4 Å². The summed E-state index contributed by atoms with van der Waals surface area (Å²) in [6, 6.07) is 10.7. The van der Waals surface area contributed by atoms with Crippen LogP contribution in [0.1, 0.15) is 60.9 Å². The minimum atomic E-state index is 0.0825. The summed E-state index contributed by atoms with van der Waals surface area (Å²) < 4.78 is 1.76. The average Bonchev–Trinajstić information content (AvgIpc) is 3.25. The standard InChI is InChI=1S/C28H32N4OS/c33-28-25-23-12-11-22(29-15-13-19-6-2-1-3-7-19)16-24(23)34-27(25)31-18-32(28)17-21-9-4-8-20-10-5-14-30-26(20)21/h4-5,8-10,14,18-19,22,29H,1-3,6-7,11-13,15-17H2. The van der Waals surface area contributed by atoms with Crippen molar-refractivity contribution in [1.29, 1.82) is 0 Å². The van der Waals surface area contributed by atoms with Crippen LogP contribution in [0.25, 0.3) is 21.1 Å². The summed E-state index contributed by atoms with van der Waals surface area (Å²) in [5.41, 5.74) is 3.33. The first-order valence-electron chi connectivity index (χ1n) is 12.8. The highest BCUT2D eigenvalue weighted by Gasteiger charge is 2.25. The van der Waals surface area contributed by atoms with E-state index < -0.39 is 0 Å². The first-order valence-corrected chi connectivity index (χ1v) is 13.6. The Kier molecular flexibility index (Phi) is 6.18. The van der Waals surface area contributed by atoms with Crippen LogP contribution < -0.4 is 10.9 Å². The Bertz CT molecular complexity index is 1360. The SMILES string of the molecule is O=c1c2c3c(sc2ncn1Cc1cccc2cccnc12)CC(NCCC1CCCCC1)CC3. The second kappa shape index (κ2) is 9.59. The van der Waals surface area contributed by atoms with E-state index in [4.69, 9.17) is 4.98 Å². The fourth-order valence-corrected chi connectivity index (χ4v) is 7.19. The van der Waals surface area contributed by atoms with Crippen LogP contribution in [-0.2, 0) is 19.4 Å². The van der Waals surface area contributed by atoms with Gasteiger partial charge in [0.25, 0.3) is 5.56 Å². The normalized spacial score (nSPS) is 19.0. The van der Waals surface area contributed by atoms with Gasteiger partial charge in [0.1, 0.15) is 4.83 Å². The van der Waals surface area contributed by atoms with Gasteiger partial charge in [0, 0.05) is 22.5 Å². The number of thiophene rings is 1. The molecule has 176 valence electrons. The molecule has 1 saturated carbocycles. The molecule has 0 aliphatic heterocycles. The Morgan fingerprint density at radius 1 is 1.06 bits per heavy atom. The van der Waals surface area contributed by atoms with Gasteiger partial charge in [-0.15, -0.1) is 11.3 Å². The molecular weight excluding hydrogens is 440 g/mol. The molecule has 0 amide bonds. The van der Waals surface area contributed by atoms with E-state index in [9.17, 15) is 4.79 Å². The minimum absolute atomic E-state index is 0.0825. The van der Waals surface area contributed by atoms with Crippen LogP contribution >= 0.6 is 11.3 Å². The van der Waals surface area contributed by atoms with Crippen molar-refractivity contribution in [2.75, 3.05) is 6.54 Å². The predicted molar refractivity (Wildman–Crippen MR) is 140 cm³/mol. The average molecular weight is 473 g/mol. The highest BCUT2D eigenvalue weighted by molar-refractivity contribution is 7.18. The molecule has 3 aromatic heterocycles. The number of hydrogen-bond donors (Lipinski definition) is 1. The summed E-state index contributed by atoms with van der Waals surface area (Å²) in [5.74, 6) is 0.921. The summed E-state index contributed by atoms with van der Waals surface area (Å²) >= 11 is 1.72. The number of para-hydroxylation sites is 1. The van der Waals surface area contributed by atoms with Gasteiger partial charge in [-0.05, 0) is 55.3 Å². The molecule has 0 bridgehead atoms. The van der Waals surface area contributed by atoms with Crippen molar-refractivity contribution in [3.8, 4) is 0 Å². The molecule has 3 heterocycles. The van der Waals surface area contributed by atoms with Gasteiger partial charge in [0.05, 0.1) is 23.8 Å². The molecule has 5 nitrogen and oxygen atoms in total. The monoisotopic (exact) mass is 472 g/mol. The van der Waals surface area contributed by atoms with E-state index >= 15 is 0 Å². The molecular formula is C28H32N4OS. The molecule has 6 heteroatoms. The van der Waals surface area contributed by atoms with Gasteiger partial charge in [-0.2, -0.15) is 0 Å². The van der Waals surface area contributed by atoms with Crippen molar-refractivity contribution in [2.24, 2.45) is 5.92 Å². The third-order valence-corrected chi connectivity index (χ3v) is 8.97. The number of nitrogens with zero attached hydrogens (tertiary/aromatic N) is 3. The molecule has 6 rings (SSSR count). The quantitative estimate of drug-likeness (QED) is 0.404. The van der Waals surface area contributed by atoms with Crippen molar-refractivity contribution in [3.05, 3.63) is 69.2 Å². The molecule has 1 aromatic carbocycles. The van der Waals surface area contributed by atoms with Gasteiger partial charge in [-0.3, -0.25) is 14.3 Å². The van der Waals surface area contributed by atoms with Gasteiger partial charge < -0.3 is 5.32 Å². The molecule has 0 spiro atoms. The molecule has 1 N–H and O–H groups in total. The van der Waals surface area contributed by atoms with E-state index in [0.717, 1.165) is 58.4 Å². The number of benzene rings is 1. The zero-order valence-electron chi connectivity index (χ0n) is 19.6. The maximum atomic E-state index is 13.5. The molecule has 1 atom stereocenters. The van der Waals surface area contributed by atoms with E-state index in [2.05, 4.69) is 28.5 Å². The lowest BCUT2D eigenvalue weighted by atomic mass is 9.87. The lowest BCUT2D eigenvalue weighted by Gasteiger charge is -2.26. The van der Waals surface area contributed by atoms with Crippen LogP contribution in [0.2, 0.25) is 0 Å². The number of rotatable bonds is 6. The number of nitrogens with one attached hydrogen (secondary N) is 1. The highest BCUT2D eigenvalue weighted by atomic mass is 32.1. The van der Waals surface area contributed by atoms with Crippen molar-refractivity contribution >= 4 is 32.5 Å². The second-order valence-electron chi connectivity index (χ2n) is 10.0. The number of aryl methyl sites for hydroxylation is 1. The van der Waals surface area contributed by atoms with Crippen LogP contribution in [-0.4, -0.2) is 27.1 Å². The Balaban J connectivity index is 1.20. The summed E-state index contributed by atoms with van der Waals surface area (Å²) in [6.07, 6.45) is 15.0. The van der Waals surface area contributed by atoms with Gasteiger partial charge in [0.15, 0.2) is 0 Å². The summed E-state index contributed by atoms with van der Waals surface area (Å²) in [5, 5.41) is 5.76. The molecule has 0 radical (unpaired) electrons. The van der Waals surface area contributed by atoms with Crippen LogP contribution in [0.3, 0.4) is 0 Å². The summed E-state index contributed by atoms with van der Waals surface area (Å²) in [4.78, 5) is 25.0. The van der Waals surface area contributed by atoms with E-state index in [0.29, 0.717) is 12.6 Å². The van der Waals surface area contributed by atoms with E-state index in [-0.39, 0.29) is 5.56 Å². The van der Waals surface area contributed by atoms with Crippen LogP contribution in [0.5, 0.6) is 0 Å². The maximum Gasteiger partial charge on any atom is 0.262 e. The zero-order chi connectivity index (χ0) is 22.9. The Labute approximate surface area is 204 Å². The third kappa shape index (κ3) is 4.29. The second-order valence-corrected chi connectivity index (χ2v) is 11.1. The molecule has 1 unspecified atom stereocenters. The lowest BCUT2D eigenvalue weighted by Crippen LogP contribution is -2.35. The van der Waals surface area contributed by atoms with Crippen LogP contribution in [0, 0.1) is 5.92 Å². The zero-order valence-corrected chi connectivity index (χ0v) is 20.4. The Morgan fingerprint density at radius 2 is 1.94 bits per heavy atom. The topological polar surface area (TPSA) is 59.8 Å². The summed E-state index contributed by atoms with van der Waals surface area (Å²) in [7, 11) is 0. The van der Waals surface area contributed by atoms with E-state index in [1.165, 1.54) is 49.0 Å². The van der Waals surface area contributed by atoms with Gasteiger partial charge in [-0.25, -0.2) is 4.98 Å². The van der Waals surface area contributed by atoms with E-state index in [1.54, 1.807) is 22.2 Å². The first kappa shape index (κ1) is 21.9. The number of fused-ring (bicyclic) bond motifs is 4. The van der Waals surface area contributed by atoms with Crippen molar-refractivity contribution < 1.29 is 0 Å². The van der Waals surface area contributed by atoms with Crippen LogP contribution in [0.4, 0.5) is 0 Å².